The monoisotopic (exact) mass is 241 g/mol. The molecule has 0 aromatic rings. The van der Waals surface area contributed by atoms with E-state index in [4.69, 9.17) is 0 Å². The van der Waals surface area contributed by atoms with E-state index >= 15 is 0 Å². The fourth-order valence-electron chi connectivity index (χ4n) is 3.09. The van der Waals surface area contributed by atoms with Crippen molar-refractivity contribution in [2.24, 2.45) is 29.6 Å². The fourth-order valence-corrected chi connectivity index (χ4v) is 3.09. The summed E-state index contributed by atoms with van der Waals surface area (Å²) >= 11 is 0. The van der Waals surface area contributed by atoms with Crippen LogP contribution in [0.15, 0.2) is 0 Å². The SMILES string of the molecule is CCC[C@@H](C)[C@H](CNC)C(C)C(C)C(C)CC. The summed E-state index contributed by atoms with van der Waals surface area (Å²) in [5.41, 5.74) is 0. The molecule has 3 unspecified atom stereocenters. The minimum atomic E-state index is 0.818. The normalized spacial score (nSPS) is 20.6. The van der Waals surface area contributed by atoms with Crippen molar-refractivity contribution in [3.63, 3.8) is 0 Å². The zero-order chi connectivity index (χ0) is 13.4. The molecule has 1 nitrogen and oxygen atoms in total. The molecular weight excluding hydrogens is 206 g/mol. The third kappa shape index (κ3) is 5.42. The van der Waals surface area contributed by atoms with Crippen LogP contribution in [-0.4, -0.2) is 13.6 Å². The molecule has 0 aromatic heterocycles. The summed E-state index contributed by atoms with van der Waals surface area (Å²) in [6.07, 6.45) is 3.98. The molecule has 0 aliphatic heterocycles. The van der Waals surface area contributed by atoms with Gasteiger partial charge in [-0.25, -0.2) is 0 Å². The smallest absolute Gasteiger partial charge is 0.00183 e. The summed E-state index contributed by atoms with van der Waals surface area (Å²) in [4.78, 5) is 0. The summed E-state index contributed by atoms with van der Waals surface area (Å²) in [6, 6.07) is 0. The molecule has 17 heavy (non-hydrogen) atoms. The molecule has 0 spiro atoms. The maximum absolute atomic E-state index is 3.40. The number of hydrogen-bond acceptors (Lipinski definition) is 1. The zero-order valence-corrected chi connectivity index (χ0v) is 13.2. The highest BCUT2D eigenvalue weighted by molar-refractivity contribution is 4.79. The fraction of sp³-hybridized carbons (Fsp3) is 1.00. The van der Waals surface area contributed by atoms with E-state index in [0.29, 0.717) is 0 Å². The zero-order valence-electron chi connectivity index (χ0n) is 13.2. The predicted octanol–water partition coefficient (Wildman–Crippen LogP) is 4.58. The molecule has 0 bridgehead atoms. The largest absolute Gasteiger partial charge is 0.319 e. The molecular formula is C16H35N. The lowest BCUT2D eigenvalue weighted by Gasteiger charge is -2.36. The Kier molecular flexibility index (Phi) is 8.94. The Morgan fingerprint density at radius 3 is 1.88 bits per heavy atom. The van der Waals surface area contributed by atoms with Gasteiger partial charge in [-0.05, 0) is 43.2 Å². The van der Waals surface area contributed by atoms with Gasteiger partial charge < -0.3 is 5.32 Å². The van der Waals surface area contributed by atoms with E-state index in [9.17, 15) is 0 Å². The van der Waals surface area contributed by atoms with Gasteiger partial charge in [-0.15, -0.1) is 0 Å². The molecule has 0 radical (unpaired) electrons. The number of hydrogen-bond donors (Lipinski definition) is 1. The Hall–Kier alpha value is -0.0400. The third-order valence-corrected chi connectivity index (χ3v) is 4.96. The molecule has 1 heteroatoms. The first-order chi connectivity index (χ1) is 7.99. The van der Waals surface area contributed by atoms with E-state index in [0.717, 1.165) is 29.6 Å². The summed E-state index contributed by atoms with van der Waals surface area (Å²) < 4.78 is 0. The second-order valence-corrected chi connectivity index (χ2v) is 6.09. The predicted molar refractivity (Wildman–Crippen MR) is 79.3 cm³/mol. The number of rotatable bonds is 9. The van der Waals surface area contributed by atoms with Gasteiger partial charge in [-0.2, -0.15) is 0 Å². The van der Waals surface area contributed by atoms with Gasteiger partial charge in [0.15, 0.2) is 0 Å². The van der Waals surface area contributed by atoms with Crippen LogP contribution in [0, 0.1) is 29.6 Å². The van der Waals surface area contributed by atoms with E-state index in [1.807, 2.05) is 0 Å². The van der Waals surface area contributed by atoms with Crippen molar-refractivity contribution >= 4 is 0 Å². The topological polar surface area (TPSA) is 12.0 Å². The molecule has 0 aliphatic carbocycles. The molecule has 5 atom stereocenters. The van der Waals surface area contributed by atoms with Gasteiger partial charge in [0.25, 0.3) is 0 Å². The second kappa shape index (κ2) is 8.97. The maximum atomic E-state index is 3.40. The molecule has 0 aliphatic rings. The van der Waals surface area contributed by atoms with Gasteiger partial charge in [0.2, 0.25) is 0 Å². The van der Waals surface area contributed by atoms with Crippen molar-refractivity contribution in [2.45, 2.75) is 60.8 Å². The highest BCUT2D eigenvalue weighted by atomic mass is 14.8. The Labute approximate surface area is 110 Å². The first kappa shape index (κ1) is 17.0. The molecule has 0 saturated carbocycles. The van der Waals surface area contributed by atoms with E-state index in [1.165, 1.54) is 25.8 Å². The highest BCUT2D eigenvalue weighted by Crippen LogP contribution is 2.33. The Bertz CT molecular complexity index is 178. The van der Waals surface area contributed by atoms with Crippen LogP contribution in [0.3, 0.4) is 0 Å². The lowest BCUT2D eigenvalue weighted by molar-refractivity contribution is 0.147. The first-order valence-electron chi connectivity index (χ1n) is 7.64. The van der Waals surface area contributed by atoms with Crippen molar-refractivity contribution in [3.8, 4) is 0 Å². The van der Waals surface area contributed by atoms with Crippen LogP contribution in [0.2, 0.25) is 0 Å². The van der Waals surface area contributed by atoms with Crippen molar-refractivity contribution in [1.82, 2.24) is 5.32 Å². The standard InChI is InChI=1S/C16H35N/c1-8-10-13(4)16(11-17-7)15(6)14(5)12(3)9-2/h12-17H,8-11H2,1-7H3/t12?,13-,14?,15?,16+/m1/s1. The van der Waals surface area contributed by atoms with Gasteiger partial charge in [0.05, 0.1) is 0 Å². The van der Waals surface area contributed by atoms with Crippen molar-refractivity contribution in [2.75, 3.05) is 13.6 Å². The van der Waals surface area contributed by atoms with E-state index < -0.39 is 0 Å². The number of nitrogens with one attached hydrogen (secondary N) is 1. The Balaban J connectivity index is 4.56. The summed E-state index contributed by atoms with van der Waals surface area (Å²) in [6.45, 7) is 15.5. The lowest BCUT2D eigenvalue weighted by atomic mass is 9.71. The van der Waals surface area contributed by atoms with Gasteiger partial charge in [0.1, 0.15) is 0 Å². The quantitative estimate of drug-likeness (QED) is 0.623. The van der Waals surface area contributed by atoms with Crippen molar-refractivity contribution < 1.29 is 0 Å². The maximum Gasteiger partial charge on any atom is -0.00183 e. The third-order valence-electron chi connectivity index (χ3n) is 4.96. The van der Waals surface area contributed by atoms with Crippen LogP contribution in [0.5, 0.6) is 0 Å². The molecule has 0 heterocycles. The van der Waals surface area contributed by atoms with E-state index in [-0.39, 0.29) is 0 Å². The van der Waals surface area contributed by atoms with Crippen LogP contribution in [0.4, 0.5) is 0 Å². The average Bonchev–Trinajstić information content (AvgIpc) is 2.33. The lowest BCUT2D eigenvalue weighted by Crippen LogP contribution is -2.34. The summed E-state index contributed by atoms with van der Waals surface area (Å²) in [5, 5.41) is 3.40. The average molecular weight is 241 g/mol. The molecule has 0 amide bonds. The Morgan fingerprint density at radius 1 is 0.882 bits per heavy atom. The van der Waals surface area contributed by atoms with Crippen molar-refractivity contribution in [1.29, 1.82) is 0 Å². The van der Waals surface area contributed by atoms with E-state index in [1.54, 1.807) is 0 Å². The van der Waals surface area contributed by atoms with Crippen LogP contribution >= 0.6 is 0 Å². The second-order valence-electron chi connectivity index (χ2n) is 6.09. The van der Waals surface area contributed by atoms with E-state index in [2.05, 4.69) is 53.9 Å². The van der Waals surface area contributed by atoms with Crippen molar-refractivity contribution in [3.05, 3.63) is 0 Å². The van der Waals surface area contributed by atoms with Crippen LogP contribution in [0.1, 0.15) is 60.8 Å². The molecule has 0 aromatic carbocycles. The van der Waals surface area contributed by atoms with Crippen LogP contribution in [0.25, 0.3) is 0 Å². The van der Waals surface area contributed by atoms with Gasteiger partial charge in [-0.3, -0.25) is 0 Å². The Morgan fingerprint density at radius 2 is 1.47 bits per heavy atom. The molecule has 104 valence electrons. The molecule has 0 fully saturated rings. The minimum absolute atomic E-state index is 0.818. The van der Waals surface area contributed by atoms with Gasteiger partial charge in [0, 0.05) is 0 Å². The van der Waals surface area contributed by atoms with Crippen LogP contribution < -0.4 is 5.32 Å². The molecule has 0 rings (SSSR count). The molecule has 1 N–H and O–H groups in total. The highest BCUT2D eigenvalue weighted by Gasteiger charge is 2.28. The van der Waals surface area contributed by atoms with Crippen LogP contribution in [-0.2, 0) is 0 Å². The van der Waals surface area contributed by atoms with Gasteiger partial charge in [-0.1, -0.05) is 60.8 Å². The molecule has 0 saturated heterocycles. The van der Waals surface area contributed by atoms with Gasteiger partial charge >= 0.3 is 0 Å². The minimum Gasteiger partial charge on any atom is -0.319 e. The summed E-state index contributed by atoms with van der Waals surface area (Å²) in [5.74, 6) is 4.16. The summed E-state index contributed by atoms with van der Waals surface area (Å²) in [7, 11) is 2.09. The first-order valence-corrected chi connectivity index (χ1v) is 7.64.